The van der Waals surface area contributed by atoms with E-state index in [4.69, 9.17) is 4.74 Å². The van der Waals surface area contributed by atoms with Crippen LogP contribution in [0.1, 0.15) is 39.2 Å². The highest BCUT2D eigenvalue weighted by atomic mass is 32.2. The number of benzene rings is 1. The number of carbonyl (C=O) groups excluding carboxylic acids is 1. The minimum absolute atomic E-state index is 0.123. The van der Waals surface area contributed by atoms with Crippen molar-refractivity contribution in [2.75, 3.05) is 6.61 Å². The van der Waals surface area contributed by atoms with Crippen LogP contribution < -0.4 is 0 Å². The number of fused-ring (bicyclic) bond motifs is 1. The van der Waals surface area contributed by atoms with Crippen LogP contribution in [0.5, 0.6) is 0 Å². The van der Waals surface area contributed by atoms with Gasteiger partial charge in [-0.3, -0.25) is 9.78 Å². The van der Waals surface area contributed by atoms with Crippen LogP contribution in [0.3, 0.4) is 0 Å². The summed E-state index contributed by atoms with van der Waals surface area (Å²) in [5, 5.41) is 1.10. The molecule has 0 radical (unpaired) electrons. The van der Waals surface area contributed by atoms with E-state index in [-0.39, 0.29) is 5.97 Å². The van der Waals surface area contributed by atoms with Crippen molar-refractivity contribution in [3.8, 4) is 0 Å². The van der Waals surface area contributed by atoms with Gasteiger partial charge < -0.3 is 4.74 Å². The van der Waals surface area contributed by atoms with Gasteiger partial charge in [-0.25, -0.2) is 0 Å². The minimum atomic E-state index is -0.534. The minimum Gasteiger partial charge on any atom is -0.465 e. The van der Waals surface area contributed by atoms with E-state index < -0.39 is 4.75 Å². The van der Waals surface area contributed by atoms with Crippen molar-refractivity contribution in [1.82, 2.24) is 4.98 Å². The number of pyridine rings is 1. The van der Waals surface area contributed by atoms with E-state index in [1.807, 2.05) is 32.9 Å². The second-order valence-electron chi connectivity index (χ2n) is 5.35. The summed E-state index contributed by atoms with van der Waals surface area (Å²) in [4.78, 5) is 18.0. The van der Waals surface area contributed by atoms with Crippen molar-refractivity contribution in [3.05, 3.63) is 36.0 Å². The third-order valence-electron chi connectivity index (χ3n) is 3.95. The number of thioether (sulfide) groups is 1. The Morgan fingerprint density at radius 2 is 1.95 bits per heavy atom. The number of ether oxygens (including phenoxy) is 1. The van der Waals surface area contributed by atoms with Gasteiger partial charge in [-0.1, -0.05) is 25.5 Å². The number of rotatable bonds is 6. The number of aromatic nitrogens is 1. The summed E-state index contributed by atoms with van der Waals surface area (Å²) in [6.45, 7) is 8.42. The fourth-order valence-electron chi connectivity index (χ4n) is 2.52. The molecule has 0 aliphatic rings. The number of hydrogen-bond donors (Lipinski definition) is 0. The van der Waals surface area contributed by atoms with Gasteiger partial charge in [0.2, 0.25) is 0 Å². The Bertz CT molecular complexity index is 665. The lowest BCUT2D eigenvalue weighted by Gasteiger charge is -2.28. The Labute approximate surface area is 136 Å². The van der Waals surface area contributed by atoms with Crippen molar-refractivity contribution in [3.63, 3.8) is 0 Å². The average molecular weight is 317 g/mol. The quantitative estimate of drug-likeness (QED) is 0.569. The molecular formula is C18H23NO2S. The predicted octanol–water partition coefficient (Wildman–Crippen LogP) is 4.76. The van der Waals surface area contributed by atoms with Crippen LogP contribution in [0, 0.1) is 6.92 Å². The normalized spacial score (nSPS) is 11.6. The first-order valence-corrected chi connectivity index (χ1v) is 8.59. The molecule has 0 aliphatic heterocycles. The van der Waals surface area contributed by atoms with Crippen LogP contribution in [-0.2, 0) is 9.53 Å². The van der Waals surface area contributed by atoms with Crippen LogP contribution in [-0.4, -0.2) is 22.3 Å². The molecule has 0 bridgehead atoms. The third-order valence-corrected chi connectivity index (χ3v) is 5.66. The monoisotopic (exact) mass is 317 g/mol. The molecule has 0 spiro atoms. The highest BCUT2D eigenvalue weighted by Gasteiger charge is 2.38. The number of nitrogens with zero attached hydrogens (tertiary/aromatic N) is 1. The number of hydrogen-bond acceptors (Lipinski definition) is 4. The average Bonchev–Trinajstić information content (AvgIpc) is 2.53. The van der Waals surface area contributed by atoms with E-state index >= 15 is 0 Å². The van der Waals surface area contributed by atoms with Gasteiger partial charge in [0.05, 0.1) is 12.1 Å². The van der Waals surface area contributed by atoms with Crippen molar-refractivity contribution in [2.24, 2.45) is 0 Å². The van der Waals surface area contributed by atoms with Gasteiger partial charge >= 0.3 is 5.97 Å². The summed E-state index contributed by atoms with van der Waals surface area (Å²) in [6.07, 6.45) is 3.28. The van der Waals surface area contributed by atoms with E-state index in [0.29, 0.717) is 6.61 Å². The molecule has 1 aromatic carbocycles. The number of aryl methyl sites for hydroxylation is 1. The predicted molar refractivity (Wildman–Crippen MR) is 92.3 cm³/mol. The lowest BCUT2D eigenvalue weighted by atomic mass is 10.0. The van der Waals surface area contributed by atoms with Gasteiger partial charge in [-0.05, 0) is 44.9 Å². The van der Waals surface area contributed by atoms with Crippen molar-refractivity contribution in [1.29, 1.82) is 0 Å². The molecule has 22 heavy (non-hydrogen) atoms. The molecule has 118 valence electrons. The van der Waals surface area contributed by atoms with Crippen LogP contribution >= 0.6 is 11.8 Å². The first-order chi connectivity index (χ1) is 10.6. The van der Waals surface area contributed by atoms with Gasteiger partial charge in [0.25, 0.3) is 0 Å². The van der Waals surface area contributed by atoms with Crippen molar-refractivity contribution in [2.45, 2.75) is 50.2 Å². The molecule has 0 fully saturated rings. The highest BCUT2D eigenvalue weighted by molar-refractivity contribution is 8.01. The fourth-order valence-corrected chi connectivity index (χ4v) is 3.78. The standard InChI is InChI=1S/C18H23NO2S/c1-5-18(6-2,17(20)21-7-3)22-16-10-11-19-15-9-8-13(4)12-14(15)16/h8-12H,5-7H2,1-4H3. The van der Waals surface area contributed by atoms with Gasteiger partial charge in [0.15, 0.2) is 0 Å². The largest absolute Gasteiger partial charge is 0.465 e. The second kappa shape index (κ2) is 7.14. The molecule has 1 heterocycles. The molecule has 1 aromatic heterocycles. The molecule has 2 rings (SSSR count). The Morgan fingerprint density at radius 1 is 1.23 bits per heavy atom. The summed E-state index contributed by atoms with van der Waals surface area (Å²) < 4.78 is 4.79. The molecule has 0 saturated heterocycles. The zero-order valence-electron chi connectivity index (χ0n) is 13.7. The maximum Gasteiger partial charge on any atom is 0.322 e. The summed E-state index contributed by atoms with van der Waals surface area (Å²) in [7, 11) is 0. The molecule has 3 nitrogen and oxygen atoms in total. The molecule has 2 aromatic rings. The zero-order valence-corrected chi connectivity index (χ0v) is 14.5. The molecule has 0 amide bonds. The Balaban J connectivity index is 2.46. The van der Waals surface area contributed by atoms with E-state index in [2.05, 4.69) is 24.0 Å². The van der Waals surface area contributed by atoms with Crippen LogP contribution in [0.25, 0.3) is 10.9 Å². The van der Waals surface area contributed by atoms with Gasteiger partial charge in [-0.15, -0.1) is 11.8 Å². The van der Waals surface area contributed by atoms with E-state index in [0.717, 1.165) is 28.6 Å². The summed E-state index contributed by atoms with van der Waals surface area (Å²) in [5.74, 6) is -0.123. The van der Waals surface area contributed by atoms with Crippen LogP contribution in [0.4, 0.5) is 0 Å². The first-order valence-electron chi connectivity index (χ1n) is 7.78. The summed E-state index contributed by atoms with van der Waals surface area (Å²) >= 11 is 1.61. The number of carbonyl (C=O) groups is 1. The second-order valence-corrected chi connectivity index (χ2v) is 6.78. The highest BCUT2D eigenvalue weighted by Crippen LogP contribution is 2.42. The van der Waals surface area contributed by atoms with Gasteiger partial charge in [0.1, 0.15) is 4.75 Å². The van der Waals surface area contributed by atoms with Gasteiger partial charge in [0, 0.05) is 16.5 Å². The SMILES string of the molecule is CCOC(=O)C(CC)(CC)Sc1ccnc2ccc(C)cc12. The molecule has 0 aliphatic carbocycles. The molecule has 4 heteroatoms. The molecule has 0 atom stereocenters. The molecule has 0 unspecified atom stereocenters. The van der Waals surface area contributed by atoms with Crippen LogP contribution in [0.15, 0.2) is 35.4 Å². The Morgan fingerprint density at radius 3 is 2.59 bits per heavy atom. The lowest BCUT2D eigenvalue weighted by molar-refractivity contribution is -0.146. The smallest absolute Gasteiger partial charge is 0.322 e. The van der Waals surface area contributed by atoms with Crippen LogP contribution in [0.2, 0.25) is 0 Å². The summed E-state index contributed by atoms with van der Waals surface area (Å²) in [6, 6.07) is 8.21. The maximum atomic E-state index is 12.5. The fraction of sp³-hybridized carbons (Fsp3) is 0.444. The molecule has 0 N–H and O–H groups in total. The van der Waals surface area contributed by atoms with Crippen molar-refractivity contribution < 1.29 is 9.53 Å². The van der Waals surface area contributed by atoms with E-state index in [1.165, 1.54) is 5.56 Å². The zero-order chi connectivity index (χ0) is 16.2. The number of esters is 1. The topological polar surface area (TPSA) is 39.2 Å². The van der Waals surface area contributed by atoms with Crippen molar-refractivity contribution >= 4 is 28.6 Å². The van der Waals surface area contributed by atoms with E-state index in [9.17, 15) is 4.79 Å². The Kier molecular flexibility index (Phi) is 5.46. The maximum absolute atomic E-state index is 12.5. The molecule has 0 saturated carbocycles. The lowest BCUT2D eigenvalue weighted by Crippen LogP contribution is -2.35. The Hall–Kier alpha value is -1.55. The van der Waals surface area contributed by atoms with E-state index in [1.54, 1.807) is 18.0 Å². The summed E-state index contributed by atoms with van der Waals surface area (Å²) in [5.41, 5.74) is 2.15. The third kappa shape index (κ3) is 3.27. The van der Waals surface area contributed by atoms with Gasteiger partial charge in [-0.2, -0.15) is 0 Å². The molecular weight excluding hydrogens is 294 g/mol. The first kappa shape index (κ1) is 16.8.